The molecule has 3 nitrogen and oxygen atoms in total. The number of rotatable bonds is 1. The van der Waals surface area contributed by atoms with Crippen molar-refractivity contribution in [1.29, 1.82) is 0 Å². The molecule has 0 aromatic heterocycles. The van der Waals surface area contributed by atoms with Crippen LogP contribution in [0.3, 0.4) is 0 Å². The third kappa shape index (κ3) is 2.31. The minimum atomic E-state index is 0.218. The molecule has 0 aliphatic carbocycles. The summed E-state index contributed by atoms with van der Waals surface area (Å²) in [5.41, 5.74) is 0. The molecule has 0 aromatic carbocycles. The molecule has 1 N–H and O–H groups in total. The highest BCUT2D eigenvalue weighted by atomic mass is 32.2. The van der Waals surface area contributed by atoms with Gasteiger partial charge in [0.25, 0.3) is 0 Å². The summed E-state index contributed by atoms with van der Waals surface area (Å²) < 4.78 is 0. The zero-order valence-electron chi connectivity index (χ0n) is 9.53. The van der Waals surface area contributed by atoms with E-state index in [1.54, 1.807) is 0 Å². The van der Waals surface area contributed by atoms with E-state index in [4.69, 9.17) is 0 Å². The first-order valence-electron chi connectivity index (χ1n) is 5.79. The minimum absolute atomic E-state index is 0.218. The maximum Gasteiger partial charge on any atom is 0.227 e. The topological polar surface area (TPSA) is 32.3 Å². The van der Waals surface area contributed by atoms with Gasteiger partial charge in [0.1, 0.15) is 0 Å². The minimum Gasteiger partial charge on any atom is -0.338 e. The molecule has 0 aromatic rings. The van der Waals surface area contributed by atoms with Crippen LogP contribution in [0, 0.1) is 11.8 Å². The van der Waals surface area contributed by atoms with E-state index in [-0.39, 0.29) is 5.92 Å². The van der Waals surface area contributed by atoms with Gasteiger partial charge in [-0.25, -0.2) is 0 Å². The van der Waals surface area contributed by atoms with E-state index >= 15 is 0 Å². The van der Waals surface area contributed by atoms with Crippen LogP contribution in [-0.2, 0) is 4.79 Å². The molecule has 3 atom stereocenters. The maximum absolute atomic E-state index is 12.3. The zero-order chi connectivity index (χ0) is 10.8. The molecular weight excluding hydrogens is 208 g/mol. The molecule has 2 aliphatic heterocycles. The van der Waals surface area contributed by atoms with Crippen LogP contribution in [0.25, 0.3) is 0 Å². The van der Waals surface area contributed by atoms with Crippen molar-refractivity contribution in [2.45, 2.75) is 19.9 Å². The average molecular weight is 228 g/mol. The molecule has 3 unspecified atom stereocenters. The van der Waals surface area contributed by atoms with Gasteiger partial charge in [-0.2, -0.15) is 11.8 Å². The molecule has 2 saturated heterocycles. The van der Waals surface area contributed by atoms with Gasteiger partial charge in [-0.15, -0.1) is 0 Å². The molecule has 0 bridgehead atoms. The molecule has 2 fully saturated rings. The summed E-state index contributed by atoms with van der Waals surface area (Å²) in [5.74, 6) is 3.29. The second kappa shape index (κ2) is 4.74. The molecule has 2 aliphatic rings. The van der Waals surface area contributed by atoms with E-state index in [0.29, 0.717) is 17.9 Å². The number of carbonyl (C=O) groups excluding carboxylic acids is 1. The lowest BCUT2D eigenvalue weighted by molar-refractivity contribution is -0.137. The summed E-state index contributed by atoms with van der Waals surface area (Å²) in [6, 6.07) is 0.420. The van der Waals surface area contributed by atoms with Gasteiger partial charge >= 0.3 is 0 Å². The quantitative estimate of drug-likeness (QED) is 0.721. The first-order valence-corrected chi connectivity index (χ1v) is 6.94. The Labute approximate surface area is 96.0 Å². The monoisotopic (exact) mass is 228 g/mol. The second-order valence-corrected chi connectivity index (χ2v) is 5.85. The standard InChI is InChI=1S/C11H20N2OS/c1-8-5-12-6-10(8)11(14)13-3-4-15-7-9(13)2/h8-10,12H,3-7H2,1-2H3. The highest BCUT2D eigenvalue weighted by Gasteiger charge is 2.35. The average Bonchev–Trinajstić information content (AvgIpc) is 2.64. The molecule has 4 heteroatoms. The lowest BCUT2D eigenvalue weighted by Gasteiger charge is -2.35. The number of carbonyl (C=O) groups is 1. The Bertz CT molecular complexity index is 247. The van der Waals surface area contributed by atoms with Gasteiger partial charge in [0, 0.05) is 30.6 Å². The largest absolute Gasteiger partial charge is 0.338 e. The van der Waals surface area contributed by atoms with E-state index in [2.05, 4.69) is 24.1 Å². The summed E-state index contributed by atoms with van der Waals surface area (Å²) in [6.07, 6.45) is 0. The highest BCUT2D eigenvalue weighted by Crippen LogP contribution is 2.23. The fraction of sp³-hybridized carbons (Fsp3) is 0.909. The molecule has 0 saturated carbocycles. The predicted molar refractivity (Wildman–Crippen MR) is 64.0 cm³/mol. The molecule has 0 spiro atoms. The molecular formula is C11H20N2OS. The van der Waals surface area contributed by atoms with Crippen molar-refractivity contribution in [2.24, 2.45) is 11.8 Å². The van der Waals surface area contributed by atoms with Crippen LogP contribution in [0.2, 0.25) is 0 Å². The predicted octanol–water partition coefficient (Wildman–Crippen LogP) is 0.806. The maximum atomic E-state index is 12.3. The Kier molecular flexibility index (Phi) is 3.57. The zero-order valence-corrected chi connectivity index (χ0v) is 10.3. The molecule has 86 valence electrons. The summed E-state index contributed by atoms with van der Waals surface area (Å²) in [4.78, 5) is 14.4. The van der Waals surface area contributed by atoms with Crippen molar-refractivity contribution in [3.05, 3.63) is 0 Å². The van der Waals surface area contributed by atoms with E-state index < -0.39 is 0 Å². The first kappa shape index (κ1) is 11.3. The summed E-state index contributed by atoms with van der Waals surface area (Å²) in [5, 5.41) is 3.30. The van der Waals surface area contributed by atoms with Gasteiger partial charge in [-0.1, -0.05) is 6.92 Å². The summed E-state index contributed by atoms with van der Waals surface area (Å²) in [7, 11) is 0. The molecule has 2 heterocycles. The van der Waals surface area contributed by atoms with Crippen molar-refractivity contribution in [3.63, 3.8) is 0 Å². The summed E-state index contributed by atoms with van der Waals surface area (Å²) >= 11 is 1.96. The van der Waals surface area contributed by atoms with Crippen molar-refractivity contribution < 1.29 is 4.79 Å². The van der Waals surface area contributed by atoms with E-state index in [0.717, 1.165) is 31.1 Å². The molecule has 1 amide bonds. The van der Waals surface area contributed by atoms with Crippen LogP contribution in [0.15, 0.2) is 0 Å². The van der Waals surface area contributed by atoms with Gasteiger partial charge in [0.2, 0.25) is 5.91 Å². The smallest absolute Gasteiger partial charge is 0.227 e. The number of thioether (sulfide) groups is 1. The van der Waals surface area contributed by atoms with Crippen molar-refractivity contribution >= 4 is 17.7 Å². The summed E-state index contributed by atoms with van der Waals surface area (Å²) in [6.45, 7) is 7.14. The lowest BCUT2D eigenvalue weighted by atomic mass is 9.96. The normalized spacial score (nSPS) is 36.9. The van der Waals surface area contributed by atoms with E-state index in [1.807, 2.05) is 11.8 Å². The Morgan fingerprint density at radius 3 is 2.80 bits per heavy atom. The molecule has 15 heavy (non-hydrogen) atoms. The van der Waals surface area contributed by atoms with Crippen LogP contribution in [-0.4, -0.2) is 48.0 Å². The molecule has 2 rings (SSSR count). The van der Waals surface area contributed by atoms with Crippen molar-refractivity contribution in [1.82, 2.24) is 10.2 Å². The van der Waals surface area contributed by atoms with Gasteiger partial charge in [-0.05, 0) is 19.4 Å². The van der Waals surface area contributed by atoms with Gasteiger partial charge in [-0.3, -0.25) is 4.79 Å². The number of hydrogen-bond donors (Lipinski definition) is 1. The third-order valence-corrected chi connectivity index (χ3v) is 4.67. The van der Waals surface area contributed by atoms with Crippen LogP contribution < -0.4 is 5.32 Å². The fourth-order valence-corrected chi connectivity index (χ4v) is 3.42. The van der Waals surface area contributed by atoms with Gasteiger partial charge in [0.15, 0.2) is 0 Å². The Balaban J connectivity index is 1.99. The van der Waals surface area contributed by atoms with Crippen LogP contribution in [0.5, 0.6) is 0 Å². The highest BCUT2D eigenvalue weighted by molar-refractivity contribution is 7.99. The third-order valence-electron chi connectivity index (χ3n) is 3.49. The number of amides is 1. The number of hydrogen-bond acceptors (Lipinski definition) is 3. The first-order chi connectivity index (χ1) is 7.20. The van der Waals surface area contributed by atoms with Gasteiger partial charge < -0.3 is 10.2 Å². The Morgan fingerprint density at radius 1 is 1.40 bits per heavy atom. The van der Waals surface area contributed by atoms with E-state index in [1.165, 1.54) is 0 Å². The molecule has 0 radical (unpaired) electrons. The van der Waals surface area contributed by atoms with Crippen molar-refractivity contribution in [3.8, 4) is 0 Å². The fourth-order valence-electron chi connectivity index (χ4n) is 2.41. The number of nitrogens with one attached hydrogen (secondary N) is 1. The SMILES string of the molecule is CC1CNCC1C(=O)N1CCSCC1C. The Hall–Kier alpha value is -0.220. The Morgan fingerprint density at radius 2 is 2.20 bits per heavy atom. The number of nitrogens with zero attached hydrogens (tertiary/aromatic N) is 1. The van der Waals surface area contributed by atoms with E-state index in [9.17, 15) is 4.79 Å². The van der Waals surface area contributed by atoms with Crippen LogP contribution in [0.1, 0.15) is 13.8 Å². The lowest BCUT2D eigenvalue weighted by Crippen LogP contribution is -2.48. The van der Waals surface area contributed by atoms with Gasteiger partial charge in [0.05, 0.1) is 5.92 Å². The second-order valence-electron chi connectivity index (χ2n) is 4.70. The van der Waals surface area contributed by atoms with Crippen LogP contribution >= 0.6 is 11.8 Å². The van der Waals surface area contributed by atoms with Crippen molar-refractivity contribution in [2.75, 3.05) is 31.1 Å². The van der Waals surface area contributed by atoms with Crippen LogP contribution in [0.4, 0.5) is 0 Å².